The Morgan fingerprint density at radius 3 is 1.31 bits per heavy atom. The van der Waals surface area contributed by atoms with E-state index >= 15 is 0 Å². The number of benzene rings is 3. The fourth-order valence-corrected chi connectivity index (χ4v) is 11.6. The molecule has 0 spiro atoms. The molecular weight excluding hydrogens is 399 g/mol. The summed E-state index contributed by atoms with van der Waals surface area (Å²) in [7, 11) is 0. The van der Waals surface area contributed by atoms with Crippen LogP contribution in [0.2, 0.25) is 0 Å². The molecule has 2 heteroatoms. The Morgan fingerprint density at radius 2 is 0.962 bits per heavy atom. The molecule has 0 saturated heterocycles. The molecule has 26 heavy (non-hydrogen) atoms. The van der Waals surface area contributed by atoms with Crippen LogP contribution in [-0.4, -0.2) is 6.16 Å². The zero-order valence-electron chi connectivity index (χ0n) is 15.5. The van der Waals surface area contributed by atoms with E-state index in [4.69, 9.17) is 0 Å². The second kappa shape index (κ2) is 8.51. The van der Waals surface area contributed by atoms with E-state index in [1.165, 1.54) is 41.6 Å². The maximum atomic E-state index is 4.50. The van der Waals surface area contributed by atoms with Gasteiger partial charge in [-0.25, -0.2) is 0 Å². The van der Waals surface area contributed by atoms with Crippen molar-refractivity contribution in [2.24, 2.45) is 0 Å². The van der Waals surface area contributed by atoms with E-state index in [2.05, 4.69) is 113 Å². The Hall–Kier alpha value is -1.43. The van der Waals surface area contributed by atoms with Gasteiger partial charge >= 0.3 is 166 Å². The zero-order chi connectivity index (χ0) is 18.3. The summed E-state index contributed by atoms with van der Waals surface area (Å²) in [5, 5.41) is 1.60. The van der Waals surface area contributed by atoms with Crippen molar-refractivity contribution in [3.63, 3.8) is 0 Å². The Kier molecular flexibility index (Phi) is 6.33. The van der Waals surface area contributed by atoms with E-state index in [0.717, 1.165) is 6.16 Å². The van der Waals surface area contributed by atoms with Crippen LogP contribution in [0.15, 0.2) is 91.0 Å². The fraction of sp³-hybridized carbons (Fsp3) is 0.250. The quantitative estimate of drug-likeness (QED) is 0.288. The van der Waals surface area contributed by atoms with Crippen LogP contribution in [0.25, 0.3) is 0 Å². The molecule has 0 amide bonds. The monoisotopic (exact) mass is 426 g/mol. The fourth-order valence-electron chi connectivity index (χ4n) is 3.89. The van der Waals surface area contributed by atoms with Gasteiger partial charge in [-0.2, -0.15) is 0 Å². The molecule has 136 valence electrons. The van der Waals surface area contributed by atoms with Crippen LogP contribution in [0.4, 0.5) is 0 Å². The van der Waals surface area contributed by atoms with Crippen molar-refractivity contribution in [2.75, 3.05) is 6.16 Å². The van der Waals surface area contributed by atoms with Gasteiger partial charge in [0.25, 0.3) is 0 Å². The molecule has 0 bridgehead atoms. The van der Waals surface area contributed by atoms with Crippen molar-refractivity contribution in [2.45, 2.75) is 32.6 Å². The topological polar surface area (TPSA) is 0 Å². The van der Waals surface area contributed by atoms with Crippen molar-refractivity contribution < 1.29 is 0 Å². The van der Waals surface area contributed by atoms with Crippen molar-refractivity contribution in [3.8, 4) is 0 Å². The molecule has 0 saturated carbocycles. The molecule has 0 N–H and O–H groups in total. The second-order valence-corrected chi connectivity index (χ2v) is 16.0. The second-order valence-electron chi connectivity index (χ2n) is 6.97. The Morgan fingerprint density at radius 1 is 0.577 bits per heavy atom. The van der Waals surface area contributed by atoms with Crippen molar-refractivity contribution in [1.29, 1.82) is 0 Å². The zero-order valence-corrected chi connectivity index (χ0v) is 18.0. The first-order chi connectivity index (χ1) is 12.7. The van der Waals surface area contributed by atoms with Gasteiger partial charge in [0.2, 0.25) is 0 Å². The van der Waals surface area contributed by atoms with Gasteiger partial charge in [-0.1, -0.05) is 0 Å². The van der Waals surface area contributed by atoms with Gasteiger partial charge in [-0.3, -0.25) is 0 Å². The first-order valence-corrected chi connectivity index (χ1v) is 14.0. The number of rotatable bonds is 8. The van der Waals surface area contributed by atoms with Gasteiger partial charge in [0, 0.05) is 0 Å². The molecule has 0 atom stereocenters. The molecular formula is C24H28BrP. The van der Waals surface area contributed by atoms with Crippen molar-refractivity contribution in [3.05, 3.63) is 91.0 Å². The minimum absolute atomic E-state index is 1.16. The summed E-state index contributed by atoms with van der Waals surface area (Å²) < 4.78 is 0. The predicted octanol–water partition coefficient (Wildman–Crippen LogP) is 6.41. The SMILES string of the molecule is CCCCCCP(Br)(c1ccccc1)(c1ccccc1)c1ccccc1. The molecule has 0 fully saturated rings. The first-order valence-electron chi connectivity index (χ1n) is 9.60. The predicted molar refractivity (Wildman–Crippen MR) is 123 cm³/mol. The Balaban J connectivity index is 2.24. The number of unbranched alkanes of at least 4 members (excludes halogenated alkanes) is 3. The van der Waals surface area contributed by atoms with E-state index in [1.807, 2.05) is 0 Å². The molecule has 0 radical (unpaired) electrons. The average Bonchev–Trinajstić information content (AvgIpc) is 2.73. The molecule has 3 aromatic carbocycles. The number of hydrogen-bond acceptors (Lipinski definition) is 0. The van der Waals surface area contributed by atoms with E-state index < -0.39 is 5.31 Å². The van der Waals surface area contributed by atoms with Gasteiger partial charge in [0.1, 0.15) is 0 Å². The standard InChI is InChI=1S/C24H28BrP/c1-2-3-4-14-21-26(25,22-15-8-5-9-16-22,23-17-10-6-11-18-23)24-19-12-7-13-20-24/h5-13,15-20H,2-4,14,21H2,1H3. The van der Waals surface area contributed by atoms with Crippen LogP contribution in [0, 0.1) is 0 Å². The first kappa shape index (κ1) is 19.3. The van der Waals surface area contributed by atoms with E-state index in [-0.39, 0.29) is 0 Å². The average molecular weight is 427 g/mol. The Labute approximate surface area is 166 Å². The van der Waals surface area contributed by atoms with Gasteiger partial charge in [-0.05, 0) is 0 Å². The normalized spacial score (nSPS) is 13.1. The molecule has 0 aliphatic heterocycles. The summed E-state index contributed by atoms with van der Waals surface area (Å²) in [6.45, 7) is 2.28. The summed E-state index contributed by atoms with van der Waals surface area (Å²) in [5.41, 5.74) is 0. The van der Waals surface area contributed by atoms with Crippen molar-refractivity contribution in [1.82, 2.24) is 0 Å². The van der Waals surface area contributed by atoms with E-state index in [0.29, 0.717) is 0 Å². The Bertz CT molecular complexity index is 700. The maximum absolute atomic E-state index is 4.50. The van der Waals surface area contributed by atoms with Gasteiger partial charge in [-0.15, -0.1) is 0 Å². The molecule has 3 aromatic rings. The van der Waals surface area contributed by atoms with Crippen LogP contribution in [-0.2, 0) is 0 Å². The molecule has 3 rings (SSSR count). The van der Waals surface area contributed by atoms with Gasteiger partial charge in [0.15, 0.2) is 0 Å². The molecule has 0 nitrogen and oxygen atoms in total. The minimum atomic E-state index is -2.67. The molecule has 0 aromatic heterocycles. The third-order valence-corrected chi connectivity index (χ3v) is 15.3. The number of hydrogen-bond donors (Lipinski definition) is 0. The summed E-state index contributed by atoms with van der Waals surface area (Å²) in [6, 6.07) is 33.3. The molecule has 0 unspecified atom stereocenters. The van der Waals surface area contributed by atoms with Crippen LogP contribution in [0.1, 0.15) is 32.6 Å². The summed E-state index contributed by atoms with van der Waals surface area (Å²) in [4.78, 5) is 0. The molecule has 0 heterocycles. The number of halogens is 1. The summed E-state index contributed by atoms with van der Waals surface area (Å²) in [6.07, 6.45) is 6.24. The van der Waals surface area contributed by atoms with E-state index in [1.54, 1.807) is 0 Å². The third kappa shape index (κ3) is 3.53. The van der Waals surface area contributed by atoms with E-state index in [9.17, 15) is 0 Å². The van der Waals surface area contributed by atoms with Crippen LogP contribution in [0.5, 0.6) is 0 Å². The van der Waals surface area contributed by atoms with Crippen molar-refractivity contribution >= 4 is 36.7 Å². The molecule has 0 aliphatic rings. The van der Waals surface area contributed by atoms with Gasteiger partial charge in [0.05, 0.1) is 0 Å². The van der Waals surface area contributed by atoms with Crippen LogP contribution >= 0.6 is 20.8 Å². The third-order valence-electron chi connectivity index (χ3n) is 5.32. The van der Waals surface area contributed by atoms with Crippen LogP contribution in [0.3, 0.4) is 0 Å². The van der Waals surface area contributed by atoms with Gasteiger partial charge < -0.3 is 0 Å². The summed E-state index contributed by atoms with van der Waals surface area (Å²) in [5.74, 6) is 0. The van der Waals surface area contributed by atoms with Crippen LogP contribution < -0.4 is 15.9 Å². The summed E-state index contributed by atoms with van der Waals surface area (Å²) >= 11 is 4.50. The molecule has 0 aliphatic carbocycles.